The molecule has 2 unspecified atom stereocenters. The Hall–Kier alpha value is -0.0800. The highest BCUT2D eigenvalue weighted by Gasteiger charge is 2.31. The second-order valence-electron chi connectivity index (χ2n) is 7.42. The summed E-state index contributed by atoms with van der Waals surface area (Å²) in [6.07, 6.45) is 14.0. The molecule has 112 valence electrons. The van der Waals surface area contributed by atoms with E-state index in [1.807, 2.05) is 0 Å². The molecule has 0 aromatic rings. The van der Waals surface area contributed by atoms with Gasteiger partial charge in [0.25, 0.3) is 0 Å². The highest BCUT2D eigenvalue weighted by molar-refractivity contribution is 4.86. The Morgan fingerprint density at radius 1 is 1.11 bits per heavy atom. The van der Waals surface area contributed by atoms with Crippen molar-refractivity contribution < 1.29 is 0 Å². The summed E-state index contributed by atoms with van der Waals surface area (Å²) < 4.78 is 0. The first-order valence-corrected chi connectivity index (χ1v) is 8.55. The van der Waals surface area contributed by atoms with Crippen LogP contribution in [-0.4, -0.2) is 31.1 Å². The van der Waals surface area contributed by atoms with Crippen LogP contribution in [0, 0.1) is 11.3 Å². The lowest BCUT2D eigenvalue weighted by Crippen LogP contribution is -2.40. The van der Waals surface area contributed by atoms with Crippen molar-refractivity contribution in [3.8, 4) is 0 Å². The Kier molecular flexibility index (Phi) is 5.70. The molecule has 2 aliphatic carbocycles. The number of nitrogens with zero attached hydrogens (tertiary/aromatic N) is 1. The van der Waals surface area contributed by atoms with Crippen molar-refractivity contribution in [1.82, 2.24) is 4.90 Å². The van der Waals surface area contributed by atoms with Crippen LogP contribution in [0.5, 0.6) is 0 Å². The largest absolute Gasteiger partial charge is 0.330 e. The Balaban J connectivity index is 1.79. The molecule has 0 saturated heterocycles. The van der Waals surface area contributed by atoms with E-state index in [1.165, 1.54) is 70.8 Å². The summed E-state index contributed by atoms with van der Waals surface area (Å²) in [5, 5.41) is 0. The third-order valence-corrected chi connectivity index (χ3v) is 5.87. The van der Waals surface area contributed by atoms with Gasteiger partial charge < -0.3 is 10.6 Å². The van der Waals surface area contributed by atoms with E-state index in [0.29, 0.717) is 5.41 Å². The quantitative estimate of drug-likeness (QED) is 0.820. The second kappa shape index (κ2) is 7.08. The van der Waals surface area contributed by atoms with Gasteiger partial charge in [-0.3, -0.25) is 0 Å². The van der Waals surface area contributed by atoms with Gasteiger partial charge in [0.05, 0.1) is 0 Å². The minimum absolute atomic E-state index is 0.479. The SMILES string of the molecule is CC1CCCC(N(C)CCC2(CN)CCCCC2)C1. The molecule has 19 heavy (non-hydrogen) atoms. The van der Waals surface area contributed by atoms with Gasteiger partial charge in [-0.25, -0.2) is 0 Å². The molecule has 2 N–H and O–H groups in total. The van der Waals surface area contributed by atoms with Crippen molar-refractivity contribution >= 4 is 0 Å². The van der Waals surface area contributed by atoms with Crippen LogP contribution in [0.4, 0.5) is 0 Å². The Bertz CT molecular complexity index is 258. The van der Waals surface area contributed by atoms with E-state index >= 15 is 0 Å². The topological polar surface area (TPSA) is 29.3 Å². The van der Waals surface area contributed by atoms with Gasteiger partial charge in [-0.1, -0.05) is 39.0 Å². The maximum absolute atomic E-state index is 6.11. The lowest BCUT2D eigenvalue weighted by atomic mass is 9.71. The van der Waals surface area contributed by atoms with Crippen molar-refractivity contribution in [1.29, 1.82) is 0 Å². The van der Waals surface area contributed by atoms with Gasteiger partial charge in [-0.05, 0) is 63.6 Å². The Labute approximate surface area is 120 Å². The first-order valence-electron chi connectivity index (χ1n) is 8.55. The van der Waals surface area contributed by atoms with Gasteiger partial charge in [-0.15, -0.1) is 0 Å². The predicted molar refractivity (Wildman–Crippen MR) is 83.2 cm³/mol. The van der Waals surface area contributed by atoms with Crippen LogP contribution in [0.1, 0.15) is 71.1 Å². The Morgan fingerprint density at radius 3 is 2.47 bits per heavy atom. The zero-order valence-electron chi connectivity index (χ0n) is 13.2. The highest BCUT2D eigenvalue weighted by atomic mass is 15.1. The van der Waals surface area contributed by atoms with Crippen LogP contribution >= 0.6 is 0 Å². The monoisotopic (exact) mass is 266 g/mol. The van der Waals surface area contributed by atoms with Crippen LogP contribution in [0.25, 0.3) is 0 Å². The minimum Gasteiger partial charge on any atom is -0.330 e. The average Bonchev–Trinajstić information content (AvgIpc) is 2.46. The first-order chi connectivity index (χ1) is 9.15. The zero-order chi connectivity index (χ0) is 13.7. The first kappa shape index (κ1) is 15.3. The fourth-order valence-corrected chi connectivity index (χ4v) is 4.26. The smallest absolute Gasteiger partial charge is 0.00947 e. The molecular formula is C17H34N2. The van der Waals surface area contributed by atoms with E-state index in [9.17, 15) is 0 Å². The third kappa shape index (κ3) is 4.19. The van der Waals surface area contributed by atoms with Crippen LogP contribution in [-0.2, 0) is 0 Å². The average molecular weight is 266 g/mol. The third-order valence-electron chi connectivity index (χ3n) is 5.87. The summed E-state index contributed by atoms with van der Waals surface area (Å²) >= 11 is 0. The molecular weight excluding hydrogens is 232 g/mol. The molecule has 2 aliphatic rings. The molecule has 0 heterocycles. The molecule has 0 aromatic carbocycles. The molecule has 0 bridgehead atoms. The van der Waals surface area contributed by atoms with E-state index in [4.69, 9.17) is 5.73 Å². The summed E-state index contributed by atoms with van der Waals surface area (Å²) in [6, 6.07) is 0.835. The predicted octanol–water partition coefficient (Wildman–Crippen LogP) is 3.80. The van der Waals surface area contributed by atoms with E-state index in [-0.39, 0.29) is 0 Å². The van der Waals surface area contributed by atoms with Gasteiger partial charge in [0.1, 0.15) is 0 Å². The molecule has 2 fully saturated rings. The van der Waals surface area contributed by atoms with Crippen molar-refractivity contribution in [2.24, 2.45) is 17.1 Å². The van der Waals surface area contributed by atoms with Crippen molar-refractivity contribution in [2.75, 3.05) is 20.1 Å². The molecule has 0 aliphatic heterocycles. The van der Waals surface area contributed by atoms with Crippen LogP contribution in [0.2, 0.25) is 0 Å². The molecule has 2 heteroatoms. The van der Waals surface area contributed by atoms with E-state index in [1.54, 1.807) is 0 Å². The fraction of sp³-hybridized carbons (Fsp3) is 1.00. The summed E-state index contributed by atoms with van der Waals surface area (Å²) in [5.74, 6) is 0.930. The number of hydrogen-bond acceptors (Lipinski definition) is 2. The van der Waals surface area contributed by atoms with E-state index < -0.39 is 0 Å². The molecule has 0 radical (unpaired) electrons. The van der Waals surface area contributed by atoms with Crippen LogP contribution < -0.4 is 5.73 Å². The van der Waals surface area contributed by atoms with Crippen molar-refractivity contribution in [3.63, 3.8) is 0 Å². The number of rotatable bonds is 5. The molecule has 2 nitrogen and oxygen atoms in total. The molecule has 0 amide bonds. The zero-order valence-corrected chi connectivity index (χ0v) is 13.2. The normalized spacial score (nSPS) is 31.6. The molecule has 2 atom stereocenters. The van der Waals surface area contributed by atoms with Crippen LogP contribution in [0.3, 0.4) is 0 Å². The van der Waals surface area contributed by atoms with Gasteiger partial charge in [0, 0.05) is 6.04 Å². The van der Waals surface area contributed by atoms with Crippen LogP contribution in [0.15, 0.2) is 0 Å². The highest BCUT2D eigenvalue weighted by Crippen LogP contribution is 2.38. The van der Waals surface area contributed by atoms with Gasteiger partial charge in [0.15, 0.2) is 0 Å². The molecule has 2 saturated carbocycles. The maximum atomic E-state index is 6.11. The number of hydrogen-bond donors (Lipinski definition) is 1. The second-order valence-corrected chi connectivity index (χ2v) is 7.42. The molecule has 0 aromatic heterocycles. The van der Waals surface area contributed by atoms with Crippen molar-refractivity contribution in [3.05, 3.63) is 0 Å². The van der Waals surface area contributed by atoms with E-state index in [2.05, 4.69) is 18.9 Å². The number of nitrogens with two attached hydrogens (primary N) is 1. The lowest BCUT2D eigenvalue weighted by molar-refractivity contribution is 0.115. The summed E-state index contributed by atoms with van der Waals surface area (Å²) in [6.45, 7) is 4.58. The molecule has 2 rings (SSSR count). The van der Waals surface area contributed by atoms with Gasteiger partial charge >= 0.3 is 0 Å². The minimum atomic E-state index is 0.479. The van der Waals surface area contributed by atoms with Gasteiger partial charge in [0.2, 0.25) is 0 Å². The van der Waals surface area contributed by atoms with Gasteiger partial charge in [-0.2, -0.15) is 0 Å². The Morgan fingerprint density at radius 2 is 1.84 bits per heavy atom. The maximum Gasteiger partial charge on any atom is 0.00947 e. The van der Waals surface area contributed by atoms with E-state index in [0.717, 1.165) is 18.5 Å². The fourth-order valence-electron chi connectivity index (χ4n) is 4.26. The molecule has 0 spiro atoms. The summed E-state index contributed by atoms with van der Waals surface area (Å²) in [7, 11) is 2.34. The standard InChI is InChI=1S/C17H34N2/c1-15-7-6-8-16(13-15)19(2)12-11-17(14-18)9-4-3-5-10-17/h15-16H,3-14,18H2,1-2H3. The van der Waals surface area contributed by atoms with Crippen molar-refractivity contribution in [2.45, 2.75) is 77.2 Å². The summed E-state index contributed by atoms with van der Waals surface area (Å²) in [4.78, 5) is 2.64. The summed E-state index contributed by atoms with van der Waals surface area (Å²) in [5.41, 5.74) is 6.59. The lowest BCUT2D eigenvalue weighted by Gasteiger charge is -2.40.